The van der Waals surface area contributed by atoms with E-state index in [9.17, 15) is 0 Å². The van der Waals surface area contributed by atoms with E-state index in [0.29, 0.717) is 0 Å². The summed E-state index contributed by atoms with van der Waals surface area (Å²) in [5, 5.41) is 12.2. The minimum Gasteiger partial charge on any atom is -0.456 e. The Morgan fingerprint density at radius 1 is 0.245 bits per heavy atom. The van der Waals surface area contributed by atoms with Gasteiger partial charge in [0.2, 0.25) is 0 Å². The molecule has 0 radical (unpaired) electrons. The zero-order chi connectivity index (χ0) is 34.9. The molecule has 1 heteroatoms. The number of hydrogen-bond acceptors (Lipinski definition) is 1. The van der Waals surface area contributed by atoms with Gasteiger partial charge in [-0.05, 0) is 124 Å². The highest BCUT2D eigenvalue weighted by molar-refractivity contribution is 6.22. The number of furan rings is 1. The van der Waals surface area contributed by atoms with Crippen LogP contribution < -0.4 is 0 Å². The van der Waals surface area contributed by atoms with Crippen LogP contribution in [0.3, 0.4) is 0 Å². The minimum atomic E-state index is 0.910. The molecule has 0 aliphatic heterocycles. The smallest absolute Gasteiger partial charge is 0.136 e. The van der Waals surface area contributed by atoms with Gasteiger partial charge in [0.05, 0.1) is 0 Å². The van der Waals surface area contributed by atoms with E-state index in [2.05, 4.69) is 194 Å². The fraction of sp³-hybridized carbons (Fsp3) is 0. The van der Waals surface area contributed by atoms with Crippen LogP contribution in [-0.4, -0.2) is 0 Å². The molecule has 1 nitrogen and oxygen atoms in total. The fourth-order valence-electron chi connectivity index (χ4n) is 8.57. The van der Waals surface area contributed by atoms with Crippen LogP contribution in [-0.2, 0) is 0 Å². The summed E-state index contributed by atoms with van der Waals surface area (Å²) in [7, 11) is 0. The monoisotopic (exact) mass is 672 g/mol. The second kappa shape index (κ2) is 11.8. The van der Waals surface area contributed by atoms with E-state index in [4.69, 9.17) is 4.42 Å². The van der Waals surface area contributed by atoms with Crippen molar-refractivity contribution in [3.05, 3.63) is 194 Å². The molecule has 0 aliphatic rings. The van der Waals surface area contributed by atoms with E-state index in [1.54, 1.807) is 0 Å². The summed E-state index contributed by atoms with van der Waals surface area (Å²) in [6.45, 7) is 0. The van der Waals surface area contributed by atoms with Gasteiger partial charge in [0.25, 0.3) is 0 Å². The lowest BCUT2D eigenvalue weighted by Gasteiger charge is -2.19. The number of benzene rings is 10. The molecule has 11 aromatic rings. The molecule has 11 rings (SSSR count). The lowest BCUT2D eigenvalue weighted by Crippen LogP contribution is -1.91. The highest BCUT2D eigenvalue weighted by Gasteiger charge is 2.18. The normalized spacial score (nSPS) is 11.8. The summed E-state index contributed by atoms with van der Waals surface area (Å²) in [4.78, 5) is 0. The first-order valence-electron chi connectivity index (χ1n) is 18.2. The SMILES string of the molecule is c1cc(-c2ccc3oc4cc5ccccc5cc4c3c2)cc(-c2c3ccccc3c(-c3cccc(-c4cccc5ccccc45)c3)c3ccccc23)c1. The van der Waals surface area contributed by atoms with Crippen LogP contribution >= 0.6 is 0 Å². The highest BCUT2D eigenvalue weighted by atomic mass is 16.3. The Hall–Kier alpha value is -6.96. The van der Waals surface area contributed by atoms with E-state index in [-0.39, 0.29) is 0 Å². The van der Waals surface area contributed by atoms with Crippen molar-refractivity contribution in [1.82, 2.24) is 0 Å². The van der Waals surface area contributed by atoms with Crippen LogP contribution in [0.5, 0.6) is 0 Å². The minimum absolute atomic E-state index is 0.910. The van der Waals surface area contributed by atoms with Crippen LogP contribution in [0.1, 0.15) is 0 Å². The van der Waals surface area contributed by atoms with Crippen molar-refractivity contribution in [2.24, 2.45) is 0 Å². The van der Waals surface area contributed by atoms with Crippen LogP contribution in [0.2, 0.25) is 0 Å². The molecule has 0 fully saturated rings. The van der Waals surface area contributed by atoms with Crippen LogP contribution in [0.25, 0.3) is 110 Å². The van der Waals surface area contributed by atoms with E-state index in [1.165, 1.54) is 87.6 Å². The third-order valence-corrected chi connectivity index (χ3v) is 11.0. The van der Waals surface area contributed by atoms with Gasteiger partial charge in [-0.1, -0.05) is 158 Å². The molecule has 0 saturated carbocycles. The summed E-state index contributed by atoms with van der Waals surface area (Å²) in [6, 6.07) is 70.7. The van der Waals surface area contributed by atoms with Crippen molar-refractivity contribution in [2.75, 3.05) is 0 Å². The Balaban J connectivity index is 1.09. The van der Waals surface area contributed by atoms with E-state index >= 15 is 0 Å². The van der Waals surface area contributed by atoms with E-state index < -0.39 is 0 Å². The van der Waals surface area contributed by atoms with E-state index in [1.807, 2.05) is 0 Å². The molecule has 0 bridgehead atoms. The molecular formula is C52H32O. The predicted molar refractivity (Wildman–Crippen MR) is 225 cm³/mol. The van der Waals surface area contributed by atoms with Crippen LogP contribution in [0.15, 0.2) is 199 Å². The highest BCUT2D eigenvalue weighted by Crippen LogP contribution is 2.45. The van der Waals surface area contributed by atoms with Crippen molar-refractivity contribution in [3.8, 4) is 44.5 Å². The largest absolute Gasteiger partial charge is 0.456 e. The maximum atomic E-state index is 6.34. The summed E-state index contributed by atoms with van der Waals surface area (Å²) in [6.07, 6.45) is 0. The lowest BCUT2D eigenvalue weighted by atomic mass is 9.85. The zero-order valence-electron chi connectivity index (χ0n) is 28.9. The van der Waals surface area contributed by atoms with Crippen LogP contribution in [0, 0.1) is 0 Å². The first-order valence-corrected chi connectivity index (χ1v) is 18.2. The second-order valence-electron chi connectivity index (χ2n) is 14.0. The molecule has 0 spiro atoms. The van der Waals surface area contributed by atoms with Gasteiger partial charge in [-0.25, -0.2) is 0 Å². The molecule has 0 amide bonds. The molecule has 0 aliphatic carbocycles. The van der Waals surface area contributed by atoms with Crippen molar-refractivity contribution in [2.45, 2.75) is 0 Å². The van der Waals surface area contributed by atoms with Crippen molar-refractivity contribution in [1.29, 1.82) is 0 Å². The van der Waals surface area contributed by atoms with Crippen LogP contribution in [0.4, 0.5) is 0 Å². The Kier molecular flexibility index (Phi) is 6.62. The quantitative estimate of drug-likeness (QED) is 0.170. The molecule has 1 heterocycles. The lowest BCUT2D eigenvalue weighted by molar-refractivity contribution is 0.669. The molecule has 10 aromatic carbocycles. The number of hydrogen-bond donors (Lipinski definition) is 0. The first-order chi connectivity index (χ1) is 26.3. The third-order valence-electron chi connectivity index (χ3n) is 11.0. The van der Waals surface area contributed by atoms with Gasteiger partial charge in [0.15, 0.2) is 0 Å². The maximum Gasteiger partial charge on any atom is 0.136 e. The third kappa shape index (κ3) is 4.79. The Bertz CT molecular complexity index is 3170. The van der Waals surface area contributed by atoms with Gasteiger partial charge >= 0.3 is 0 Å². The zero-order valence-corrected chi connectivity index (χ0v) is 28.9. The van der Waals surface area contributed by atoms with Gasteiger partial charge in [-0.15, -0.1) is 0 Å². The number of rotatable bonds is 4. The Labute approximate surface area is 307 Å². The van der Waals surface area contributed by atoms with Gasteiger partial charge in [0, 0.05) is 10.8 Å². The maximum absolute atomic E-state index is 6.34. The molecule has 53 heavy (non-hydrogen) atoms. The van der Waals surface area contributed by atoms with E-state index in [0.717, 1.165) is 21.9 Å². The fourth-order valence-corrected chi connectivity index (χ4v) is 8.57. The molecule has 0 N–H and O–H groups in total. The number of fused-ring (bicyclic) bond motifs is 7. The first kappa shape index (κ1) is 29.7. The van der Waals surface area contributed by atoms with Gasteiger partial charge < -0.3 is 4.42 Å². The average Bonchev–Trinajstić information content (AvgIpc) is 3.58. The topological polar surface area (TPSA) is 13.1 Å². The van der Waals surface area contributed by atoms with Crippen molar-refractivity contribution < 1.29 is 4.42 Å². The molecule has 246 valence electrons. The molecule has 0 atom stereocenters. The molecule has 0 unspecified atom stereocenters. The summed E-state index contributed by atoms with van der Waals surface area (Å²) < 4.78 is 6.34. The molecule has 0 saturated heterocycles. The van der Waals surface area contributed by atoms with Gasteiger partial charge in [-0.3, -0.25) is 0 Å². The Morgan fingerprint density at radius 2 is 0.717 bits per heavy atom. The second-order valence-corrected chi connectivity index (χ2v) is 14.0. The summed E-state index contributed by atoms with van der Waals surface area (Å²) in [5.74, 6) is 0. The standard InChI is InChI=1S/C52H32O/c1-2-14-36-32-50-48(30-35(36)13-1)47-31-37(26-27-49(47)53-50)34-16-9-18-39(28-34)51-43-21-5-7-23-45(43)52(46-24-8-6-22-44(46)51)40-19-10-17-38(29-40)42-25-11-15-33-12-3-4-20-41(33)42/h1-32H. The van der Waals surface area contributed by atoms with Crippen molar-refractivity contribution >= 4 is 65.0 Å². The van der Waals surface area contributed by atoms with Crippen molar-refractivity contribution in [3.63, 3.8) is 0 Å². The summed E-state index contributed by atoms with van der Waals surface area (Å²) in [5.41, 5.74) is 11.6. The average molecular weight is 673 g/mol. The molecular weight excluding hydrogens is 641 g/mol. The van der Waals surface area contributed by atoms with Gasteiger partial charge in [0.1, 0.15) is 11.2 Å². The summed E-state index contributed by atoms with van der Waals surface area (Å²) >= 11 is 0. The van der Waals surface area contributed by atoms with Gasteiger partial charge in [-0.2, -0.15) is 0 Å². The molecule has 1 aromatic heterocycles. The predicted octanol–water partition coefficient (Wildman–Crippen LogP) is 14.9. The Morgan fingerprint density at radius 3 is 1.40 bits per heavy atom.